The van der Waals surface area contributed by atoms with Gasteiger partial charge in [-0.2, -0.15) is 0 Å². The molecule has 0 atom stereocenters. The monoisotopic (exact) mass is 393 g/mol. The molecule has 6 aromatic rings. The number of hydrogen-bond donors (Lipinski definition) is 0. The van der Waals surface area contributed by atoms with Crippen LogP contribution in [0, 0.1) is 12.7 Å². The minimum absolute atomic E-state index is 0.320. The molecule has 0 saturated carbocycles. The minimum atomic E-state index is -0.320. The Morgan fingerprint density at radius 3 is 2.63 bits per heavy atom. The zero-order valence-corrected chi connectivity index (χ0v) is 16.1. The van der Waals surface area contributed by atoms with E-state index in [9.17, 15) is 4.39 Å². The topological polar surface area (TPSA) is 43.9 Å². The fourth-order valence-electron chi connectivity index (χ4n) is 4.11. The molecule has 30 heavy (non-hydrogen) atoms. The third-order valence-electron chi connectivity index (χ3n) is 5.47. The summed E-state index contributed by atoms with van der Waals surface area (Å²) in [5, 5.41) is 1.81. The van der Waals surface area contributed by atoms with Gasteiger partial charge in [0, 0.05) is 28.7 Å². The molecule has 3 heterocycles. The molecule has 0 aliphatic heterocycles. The van der Waals surface area contributed by atoms with Crippen molar-refractivity contribution in [2.24, 2.45) is 0 Å². The molecular formula is C25H16FN3O. The van der Waals surface area contributed by atoms with Crippen LogP contribution in [0.3, 0.4) is 0 Å². The molecular weight excluding hydrogens is 377 g/mol. The van der Waals surface area contributed by atoms with Crippen LogP contribution in [-0.4, -0.2) is 14.5 Å². The summed E-state index contributed by atoms with van der Waals surface area (Å²) in [5.41, 5.74) is 5.75. The Bertz CT molecular complexity index is 1560. The molecule has 0 unspecified atom stereocenters. The molecule has 0 amide bonds. The number of pyridine rings is 1. The number of aromatic nitrogens is 3. The number of aryl methyl sites for hydroxylation is 1. The smallest absolute Gasteiger partial charge is 0.178 e. The van der Waals surface area contributed by atoms with E-state index in [1.165, 1.54) is 12.1 Å². The summed E-state index contributed by atoms with van der Waals surface area (Å²) in [6.07, 6.45) is 1.77. The van der Waals surface area contributed by atoms with Crippen molar-refractivity contribution in [2.45, 2.75) is 6.92 Å². The molecule has 3 aromatic heterocycles. The Balaban J connectivity index is 1.75. The van der Waals surface area contributed by atoms with Gasteiger partial charge in [-0.1, -0.05) is 30.3 Å². The lowest BCUT2D eigenvalue weighted by Crippen LogP contribution is -1.98. The van der Waals surface area contributed by atoms with E-state index in [2.05, 4.69) is 16.5 Å². The van der Waals surface area contributed by atoms with E-state index < -0.39 is 0 Å². The van der Waals surface area contributed by atoms with Gasteiger partial charge in [0.15, 0.2) is 11.5 Å². The average Bonchev–Trinajstić information content (AvgIpc) is 3.33. The van der Waals surface area contributed by atoms with Crippen molar-refractivity contribution in [1.82, 2.24) is 14.5 Å². The first-order valence-electron chi connectivity index (χ1n) is 9.71. The summed E-state index contributed by atoms with van der Waals surface area (Å²) in [4.78, 5) is 9.37. The van der Waals surface area contributed by atoms with E-state index in [-0.39, 0.29) is 5.82 Å². The normalized spacial score (nSPS) is 11.7. The molecule has 3 aromatic carbocycles. The number of hydrogen-bond acceptors (Lipinski definition) is 3. The fourth-order valence-corrected chi connectivity index (χ4v) is 4.11. The van der Waals surface area contributed by atoms with Crippen LogP contribution < -0.4 is 0 Å². The van der Waals surface area contributed by atoms with Crippen LogP contribution >= 0.6 is 0 Å². The number of rotatable bonds is 2. The summed E-state index contributed by atoms with van der Waals surface area (Å²) < 4.78 is 22.0. The Labute approximate surface area is 171 Å². The Morgan fingerprint density at radius 1 is 0.900 bits per heavy atom. The third kappa shape index (κ3) is 2.38. The van der Waals surface area contributed by atoms with Crippen LogP contribution in [0.2, 0.25) is 0 Å². The second kappa shape index (κ2) is 6.26. The average molecular weight is 393 g/mol. The lowest BCUT2D eigenvalue weighted by molar-refractivity contribution is 0.618. The van der Waals surface area contributed by atoms with Crippen LogP contribution in [0.5, 0.6) is 0 Å². The van der Waals surface area contributed by atoms with Crippen molar-refractivity contribution >= 4 is 33.1 Å². The van der Waals surface area contributed by atoms with Gasteiger partial charge in [-0.15, -0.1) is 0 Å². The second-order valence-corrected chi connectivity index (χ2v) is 7.33. The molecule has 0 aliphatic rings. The zero-order valence-electron chi connectivity index (χ0n) is 16.1. The first kappa shape index (κ1) is 16.9. The summed E-state index contributed by atoms with van der Waals surface area (Å²) in [6, 6.07) is 22.6. The van der Waals surface area contributed by atoms with Gasteiger partial charge in [0.1, 0.15) is 17.0 Å². The standard InChI is InChI=1S/C25H16FN3O/c1-15-12-13-27-24-22(15)29(17-6-3-2-4-7-17)25(28-24)20-9-5-8-19-18-11-10-16(26)14-21(18)30-23(19)20/h2-14H,1H3. The maximum Gasteiger partial charge on any atom is 0.178 e. The molecule has 0 N–H and O–H groups in total. The van der Waals surface area contributed by atoms with Crippen LogP contribution in [0.25, 0.3) is 50.2 Å². The highest BCUT2D eigenvalue weighted by atomic mass is 19.1. The van der Waals surface area contributed by atoms with Crippen molar-refractivity contribution in [3.05, 3.63) is 90.4 Å². The maximum atomic E-state index is 13.8. The van der Waals surface area contributed by atoms with Crippen LogP contribution in [-0.2, 0) is 0 Å². The van der Waals surface area contributed by atoms with Gasteiger partial charge >= 0.3 is 0 Å². The molecule has 144 valence electrons. The summed E-state index contributed by atoms with van der Waals surface area (Å²) in [6.45, 7) is 2.06. The predicted molar refractivity (Wildman–Crippen MR) is 116 cm³/mol. The quantitative estimate of drug-likeness (QED) is 0.340. The zero-order chi connectivity index (χ0) is 20.2. The number of furan rings is 1. The highest BCUT2D eigenvalue weighted by molar-refractivity contribution is 6.09. The number of halogens is 1. The molecule has 0 saturated heterocycles. The number of imidazole rings is 1. The molecule has 0 bridgehead atoms. The Kier molecular flexibility index (Phi) is 3.53. The Morgan fingerprint density at radius 2 is 1.77 bits per heavy atom. The van der Waals surface area contributed by atoms with E-state index in [4.69, 9.17) is 9.40 Å². The maximum absolute atomic E-state index is 13.8. The largest absolute Gasteiger partial charge is 0.455 e. The van der Waals surface area contributed by atoms with Gasteiger partial charge in [-0.3, -0.25) is 4.57 Å². The number of fused-ring (bicyclic) bond motifs is 4. The second-order valence-electron chi connectivity index (χ2n) is 7.33. The first-order chi connectivity index (χ1) is 14.7. The highest BCUT2D eigenvalue weighted by Crippen LogP contribution is 2.38. The molecule has 0 fully saturated rings. The van der Waals surface area contributed by atoms with Gasteiger partial charge < -0.3 is 4.42 Å². The molecule has 0 spiro atoms. The lowest BCUT2D eigenvalue weighted by Gasteiger charge is -2.10. The van der Waals surface area contributed by atoms with Crippen molar-refractivity contribution in [2.75, 3.05) is 0 Å². The molecule has 5 heteroatoms. The summed E-state index contributed by atoms with van der Waals surface area (Å²) >= 11 is 0. The molecule has 4 nitrogen and oxygen atoms in total. The van der Waals surface area contributed by atoms with E-state index in [1.807, 2.05) is 54.6 Å². The van der Waals surface area contributed by atoms with Gasteiger partial charge in [0.25, 0.3) is 0 Å². The van der Waals surface area contributed by atoms with Gasteiger partial charge in [0.2, 0.25) is 0 Å². The SMILES string of the molecule is Cc1ccnc2nc(-c3cccc4c3oc3cc(F)ccc34)n(-c3ccccc3)c12. The lowest BCUT2D eigenvalue weighted by atomic mass is 10.1. The first-order valence-corrected chi connectivity index (χ1v) is 9.71. The number of para-hydroxylation sites is 2. The van der Waals surface area contributed by atoms with E-state index in [1.54, 1.807) is 12.3 Å². The van der Waals surface area contributed by atoms with Crippen molar-refractivity contribution in [3.63, 3.8) is 0 Å². The Hall–Kier alpha value is -3.99. The van der Waals surface area contributed by atoms with Gasteiger partial charge in [-0.25, -0.2) is 14.4 Å². The fraction of sp³-hybridized carbons (Fsp3) is 0.0400. The molecule has 0 aliphatic carbocycles. The van der Waals surface area contributed by atoms with Crippen LogP contribution in [0.15, 0.2) is 83.4 Å². The third-order valence-corrected chi connectivity index (χ3v) is 5.47. The van der Waals surface area contributed by atoms with E-state index in [0.717, 1.165) is 38.9 Å². The van der Waals surface area contributed by atoms with Crippen LogP contribution in [0.1, 0.15) is 5.56 Å². The summed E-state index contributed by atoms with van der Waals surface area (Å²) in [7, 11) is 0. The minimum Gasteiger partial charge on any atom is -0.455 e. The van der Waals surface area contributed by atoms with Gasteiger partial charge in [-0.05, 0) is 48.9 Å². The predicted octanol–water partition coefficient (Wildman–Crippen LogP) is 6.43. The van der Waals surface area contributed by atoms with Crippen LogP contribution in [0.4, 0.5) is 4.39 Å². The summed E-state index contributed by atoms with van der Waals surface area (Å²) in [5.74, 6) is 0.419. The molecule has 0 radical (unpaired) electrons. The van der Waals surface area contributed by atoms with Gasteiger partial charge in [0.05, 0.1) is 11.1 Å². The highest BCUT2D eigenvalue weighted by Gasteiger charge is 2.21. The van der Waals surface area contributed by atoms with Crippen molar-refractivity contribution < 1.29 is 8.81 Å². The van der Waals surface area contributed by atoms with Crippen molar-refractivity contribution in [1.29, 1.82) is 0 Å². The van der Waals surface area contributed by atoms with Crippen molar-refractivity contribution in [3.8, 4) is 17.1 Å². The molecule has 6 rings (SSSR count). The number of nitrogens with zero attached hydrogens (tertiary/aromatic N) is 3. The van der Waals surface area contributed by atoms with E-state index in [0.29, 0.717) is 16.8 Å². The van der Waals surface area contributed by atoms with E-state index >= 15 is 0 Å². The number of benzene rings is 3.